The normalized spacial score (nSPS) is 19.9. The Morgan fingerprint density at radius 1 is 1.53 bits per heavy atom. The summed E-state index contributed by atoms with van der Waals surface area (Å²) in [5, 5.41) is 8.93. The number of methoxy groups -OCH3 is 1. The van der Waals surface area contributed by atoms with Crippen LogP contribution in [0.2, 0.25) is 0 Å². The van der Waals surface area contributed by atoms with Crippen molar-refractivity contribution >= 4 is 5.69 Å². The summed E-state index contributed by atoms with van der Waals surface area (Å²) in [6, 6.07) is 4.91. The van der Waals surface area contributed by atoms with Crippen LogP contribution in [0.5, 0.6) is 0 Å². The van der Waals surface area contributed by atoms with Crippen LogP contribution in [0.25, 0.3) is 0 Å². The standard InChI is InChI=1S/C13H18FNO2/c1-17-9-11-4-5-15(7-11)13-3-2-10(8-16)6-12(13)14/h2-3,6,11,16H,4-5,7-9H2,1H3. The van der Waals surface area contributed by atoms with Gasteiger partial charge in [0.2, 0.25) is 0 Å². The molecule has 1 N–H and O–H groups in total. The minimum atomic E-state index is -0.255. The average molecular weight is 239 g/mol. The van der Waals surface area contributed by atoms with Crippen LogP contribution in [-0.4, -0.2) is 31.9 Å². The predicted octanol–water partition coefficient (Wildman–Crippen LogP) is 1.79. The first-order valence-electron chi connectivity index (χ1n) is 5.87. The molecule has 0 aliphatic carbocycles. The molecule has 1 aromatic carbocycles. The highest BCUT2D eigenvalue weighted by Gasteiger charge is 2.24. The third-order valence-corrected chi connectivity index (χ3v) is 3.22. The fourth-order valence-electron chi connectivity index (χ4n) is 2.33. The van der Waals surface area contributed by atoms with Crippen molar-refractivity contribution in [3.8, 4) is 0 Å². The first-order chi connectivity index (χ1) is 8.24. The number of aliphatic hydroxyl groups excluding tert-OH is 1. The quantitative estimate of drug-likeness (QED) is 0.869. The molecule has 4 heteroatoms. The monoisotopic (exact) mass is 239 g/mol. The summed E-state index contributed by atoms with van der Waals surface area (Å²) in [5.41, 5.74) is 1.24. The summed E-state index contributed by atoms with van der Waals surface area (Å²) >= 11 is 0. The fourth-order valence-corrected chi connectivity index (χ4v) is 2.33. The molecule has 1 unspecified atom stereocenters. The summed E-state index contributed by atoms with van der Waals surface area (Å²) in [7, 11) is 1.69. The van der Waals surface area contributed by atoms with Crippen molar-refractivity contribution in [2.75, 3.05) is 31.7 Å². The van der Waals surface area contributed by atoms with Gasteiger partial charge in [-0.15, -0.1) is 0 Å². The summed E-state index contributed by atoms with van der Waals surface area (Å²) in [6.07, 6.45) is 1.04. The lowest BCUT2D eigenvalue weighted by molar-refractivity contribution is 0.161. The third kappa shape index (κ3) is 2.76. The van der Waals surface area contributed by atoms with Gasteiger partial charge in [0, 0.05) is 26.1 Å². The molecular formula is C13H18FNO2. The van der Waals surface area contributed by atoms with Gasteiger partial charge in [0.1, 0.15) is 5.82 Å². The van der Waals surface area contributed by atoms with Crippen molar-refractivity contribution in [3.05, 3.63) is 29.6 Å². The van der Waals surface area contributed by atoms with Gasteiger partial charge in [-0.25, -0.2) is 4.39 Å². The van der Waals surface area contributed by atoms with Crippen molar-refractivity contribution in [1.82, 2.24) is 0 Å². The number of anilines is 1. The molecule has 17 heavy (non-hydrogen) atoms. The van der Waals surface area contributed by atoms with Crippen LogP contribution in [0, 0.1) is 11.7 Å². The number of hydrogen-bond acceptors (Lipinski definition) is 3. The molecule has 0 spiro atoms. The van der Waals surface area contributed by atoms with Crippen LogP contribution in [0.1, 0.15) is 12.0 Å². The predicted molar refractivity (Wildman–Crippen MR) is 64.5 cm³/mol. The van der Waals surface area contributed by atoms with E-state index in [0.717, 1.165) is 26.1 Å². The van der Waals surface area contributed by atoms with E-state index in [4.69, 9.17) is 9.84 Å². The Morgan fingerprint density at radius 2 is 2.35 bits per heavy atom. The Kier molecular flexibility index (Phi) is 3.97. The largest absolute Gasteiger partial charge is 0.392 e. The molecule has 0 aromatic heterocycles. The van der Waals surface area contributed by atoms with Gasteiger partial charge >= 0.3 is 0 Å². The van der Waals surface area contributed by atoms with Gasteiger partial charge in [-0.3, -0.25) is 0 Å². The van der Waals surface area contributed by atoms with E-state index in [1.165, 1.54) is 6.07 Å². The Morgan fingerprint density at radius 3 is 3.00 bits per heavy atom. The van der Waals surface area contributed by atoms with E-state index in [-0.39, 0.29) is 12.4 Å². The van der Waals surface area contributed by atoms with E-state index >= 15 is 0 Å². The number of aliphatic hydroxyl groups is 1. The van der Waals surface area contributed by atoms with Crippen LogP contribution >= 0.6 is 0 Å². The van der Waals surface area contributed by atoms with Crippen LogP contribution < -0.4 is 4.90 Å². The lowest BCUT2D eigenvalue weighted by Gasteiger charge is -2.19. The number of nitrogens with zero attached hydrogens (tertiary/aromatic N) is 1. The van der Waals surface area contributed by atoms with E-state index in [9.17, 15) is 4.39 Å². The first-order valence-corrected chi connectivity index (χ1v) is 5.87. The second kappa shape index (κ2) is 5.47. The second-order valence-electron chi connectivity index (χ2n) is 4.50. The van der Waals surface area contributed by atoms with E-state index in [0.29, 0.717) is 17.2 Å². The minimum Gasteiger partial charge on any atom is -0.392 e. The second-order valence-corrected chi connectivity index (χ2v) is 4.50. The molecule has 0 amide bonds. The molecule has 1 aliphatic rings. The smallest absolute Gasteiger partial charge is 0.146 e. The zero-order valence-corrected chi connectivity index (χ0v) is 10.0. The van der Waals surface area contributed by atoms with Gasteiger partial charge in [0.25, 0.3) is 0 Å². The Hall–Kier alpha value is -1.13. The Balaban J connectivity index is 2.08. The topological polar surface area (TPSA) is 32.7 Å². The molecule has 0 bridgehead atoms. The van der Waals surface area contributed by atoms with Gasteiger partial charge in [-0.05, 0) is 24.1 Å². The fraction of sp³-hybridized carbons (Fsp3) is 0.538. The van der Waals surface area contributed by atoms with E-state index < -0.39 is 0 Å². The first kappa shape index (κ1) is 12.3. The molecule has 94 valence electrons. The van der Waals surface area contributed by atoms with Crippen LogP contribution in [-0.2, 0) is 11.3 Å². The number of ether oxygens (including phenoxy) is 1. The summed E-state index contributed by atoms with van der Waals surface area (Å²) in [4.78, 5) is 2.04. The number of hydrogen-bond donors (Lipinski definition) is 1. The van der Waals surface area contributed by atoms with Crippen molar-refractivity contribution < 1.29 is 14.2 Å². The highest BCUT2D eigenvalue weighted by atomic mass is 19.1. The van der Waals surface area contributed by atoms with Gasteiger partial charge in [0.15, 0.2) is 0 Å². The van der Waals surface area contributed by atoms with E-state index in [1.807, 2.05) is 4.90 Å². The van der Waals surface area contributed by atoms with Crippen molar-refractivity contribution in [3.63, 3.8) is 0 Å². The molecule has 1 aromatic rings. The van der Waals surface area contributed by atoms with Crippen molar-refractivity contribution in [2.24, 2.45) is 5.92 Å². The number of halogens is 1. The minimum absolute atomic E-state index is 0.122. The zero-order valence-electron chi connectivity index (χ0n) is 10.0. The molecule has 1 heterocycles. The zero-order chi connectivity index (χ0) is 12.3. The molecule has 3 nitrogen and oxygen atoms in total. The van der Waals surface area contributed by atoms with E-state index in [1.54, 1.807) is 19.2 Å². The van der Waals surface area contributed by atoms with Gasteiger partial charge in [-0.1, -0.05) is 6.07 Å². The molecule has 1 fully saturated rings. The maximum Gasteiger partial charge on any atom is 0.146 e. The van der Waals surface area contributed by atoms with Gasteiger partial charge in [-0.2, -0.15) is 0 Å². The molecule has 1 atom stereocenters. The van der Waals surface area contributed by atoms with Crippen molar-refractivity contribution in [1.29, 1.82) is 0 Å². The summed E-state index contributed by atoms with van der Waals surface area (Å²) in [5.74, 6) is 0.228. The lowest BCUT2D eigenvalue weighted by atomic mass is 10.1. The SMILES string of the molecule is COCC1CCN(c2ccc(CO)cc2F)C1. The molecular weight excluding hydrogens is 221 g/mol. The highest BCUT2D eigenvalue weighted by Crippen LogP contribution is 2.27. The van der Waals surface area contributed by atoms with E-state index in [2.05, 4.69) is 0 Å². The summed E-state index contributed by atoms with van der Waals surface area (Å²) in [6.45, 7) is 2.31. The van der Waals surface area contributed by atoms with Crippen LogP contribution in [0.15, 0.2) is 18.2 Å². The molecule has 2 rings (SSSR count). The van der Waals surface area contributed by atoms with Gasteiger partial charge < -0.3 is 14.7 Å². The molecule has 1 saturated heterocycles. The molecule has 1 aliphatic heterocycles. The average Bonchev–Trinajstić information content (AvgIpc) is 2.78. The Bertz CT molecular complexity index is 384. The van der Waals surface area contributed by atoms with Gasteiger partial charge in [0.05, 0.1) is 18.9 Å². The maximum atomic E-state index is 13.8. The molecule has 0 saturated carbocycles. The maximum absolute atomic E-state index is 13.8. The van der Waals surface area contributed by atoms with Crippen molar-refractivity contribution in [2.45, 2.75) is 13.0 Å². The third-order valence-electron chi connectivity index (χ3n) is 3.22. The molecule has 0 radical (unpaired) electrons. The van der Waals surface area contributed by atoms with Crippen LogP contribution in [0.4, 0.5) is 10.1 Å². The highest BCUT2D eigenvalue weighted by molar-refractivity contribution is 5.50. The number of rotatable bonds is 4. The lowest BCUT2D eigenvalue weighted by Crippen LogP contribution is -2.22. The number of benzene rings is 1. The Labute approximate surface area is 101 Å². The van der Waals surface area contributed by atoms with Crippen LogP contribution in [0.3, 0.4) is 0 Å². The summed E-state index contributed by atoms with van der Waals surface area (Å²) < 4.78 is 18.9.